The predicted molar refractivity (Wildman–Crippen MR) is 106 cm³/mol. The third-order valence-electron chi connectivity index (χ3n) is 5.23. The van der Waals surface area contributed by atoms with Gasteiger partial charge >= 0.3 is 0 Å². The van der Waals surface area contributed by atoms with Gasteiger partial charge in [0.05, 0.1) is 10.0 Å². The van der Waals surface area contributed by atoms with Crippen LogP contribution < -0.4 is 0 Å². The Balaban J connectivity index is 1.91. The minimum absolute atomic E-state index is 0.0544. The molecular weight excluding hydrogens is 369 g/mol. The van der Waals surface area contributed by atoms with Crippen molar-refractivity contribution in [3.05, 3.63) is 69.7 Å². The Labute approximate surface area is 164 Å². The molecule has 1 saturated heterocycles. The van der Waals surface area contributed by atoms with Crippen molar-refractivity contribution in [1.82, 2.24) is 4.90 Å². The van der Waals surface area contributed by atoms with Crippen molar-refractivity contribution in [3.8, 4) is 0 Å². The minimum atomic E-state index is -0.209. The van der Waals surface area contributed by atoms with E-state index >= 15 is 0 Å². The molecule has 3 nitrogen and oxygen atoms in total. The van der Waals surface area contributed by atoms with Gasteiger partial charge in [0, 0.05) is 30.7 Å². The van der Waals surface area contributed by atoms with E-state index in [0.29, 0.717) is 28.6 Å². The van der Waals surface area contributed by atoms with Crippen molar-refractivity contribution >= 4 is 29.1 Å². The van der Waals surface area contributed by atoms with Crippen LogP contribution in [0.4, 0.5) is 0 Å². The SMILES string of the molecule is O=C(c1ccccc1)N1CCCC(CCCO)(c2ccc(Cl)c(Cl)c2)C1. The molecule has 1 fully saturated rings. The van der Waals surface area contributed by atoms with Gasteiger partial charge in [0.15, 0.2) is 0 Å². The lowest BCUT2D eigenvalue weighted by Gasteiger charge is -2.43. The largest absolute Gasteiger partial charge is 0.396 e. The standard InChI is InChI=1S/C21H23Cl2NO2/c22-18-9-8-17(14-19(18)23)21(11-5-13-25)10-4-12-24(15-21)20(26)16-6-2-1-3-7-16/h1-3,6-9,14,25H,4-5,10-13,15H2. The highest BCUT2D eigenvalue weighted by molar-refractivity contribution is 6.42. The summed E-state index contributed by atoms with van der Waals surface area (Å²) >= 11 is 12.4. The number of amides is 1. The molecule has 0 aliphatic carbocycles. The maximum absolute atomic E-state index is 12.9. The number of hydrogen-bond acceptors (Lipinski definition) is 2. The van der Waals surface area contributed by atoms with Crippen LogP contribution >= 0.6 is 23.2 Å². The molecule has 1 N–H and O–H groups in total. The molecule has 0 radical (unpaired) electrons. The Hall–Kier alpha value is -1.55. The van der Waals surface area contributed by atoms with Gasteiger partial charge in [-0.05, 0) is 55.5 Å². The van der Waals surface area contributed by atoms with Crippen molar-refractivity contribution in [2.75, 3.05) is 19.7 Å². The normalized spacial score (nSPS) is 20.2. The van der Waals surface area contributed by atoms with E-state index in [0.717, 1.165) is 31.4 Å². The second-order valence-electron chi connectivity index (χ2n) is 6.93. The first-order chi connectivity index (χ1) is 12.6. The number of likely N-dealkylation sites (tertiary alicyclic amines) is 1. The van der Waals surface area contributed by atoms with Crippen molar-refractivity contribution in [2.24, 2.45) is 0 Å². The summed E-state index contributed by atoms with van der Waals surface area (Å²) < 4.78 is 0. The van der Waals surface area contributed by atoms with Gasteiger partial charge in [-0.15, -0.1) is 0 Å². The molecule has 1 heterocycles. The Bertz CT molecular complexity index is 766. The van der Waals surface area contributed by atoms with E-state index in [1.807, 2.05) is 53.4 Å². The van der Waals surface area contributed by atoms with Crippen LogP contribution in [-0.4, -0.2) is 35.6 Å². The Morgan fingerprint density at radius 1 is 1.12 bits per heavy atom. The van der Waals surface area contributed by atoms with E-state index < -0.39 is 0 Å². The lowest BCUT2D eigenvalue weighted by atomic mass is 9.71. The zero-order valence-corrected chi connectivity index (χ0v) is 16.1. The number of piperidine rings is 1. The molecule has 138 valence electrons. The molecule has 0 saturated carbocycles. The summed E-state index contributed by atoms with van der Waals surface area (Å²) in [5.41, 5.74) is 1.59. The van der Waals surface area contributed by atoms with Crippen LogP contribution in [0.25, 0.3) is 0 Å². The molecule has 3 rings (SSSR count). The number of nitrogens with zero attached hydrogens (tertiary/aromatic N) is 1. The van der Waals surface area contributed by atoms with Crippen molar-refractivity contribution in [2.45, 2.75) is 31.1 Å². The lowest BCUT2D eigenvalue weighted by Crippen LogP contribution is -2.48. The molecule has 5 heteroatoms. The van der Waals surface area contributed by atoms with Gasteiger partial charge in [0.2, 0.25) is 0 Å². The highest BCUT2D eigenvalue weighted by Gasteiger charge is 2.38. The summed E-state index contributed by atoms with van der Waals surface area (Å²) in [6.07, 6.45) is 3.38. The number of carbonyl (C=O) groups is 1. The molecule has 0 spiro atoms. The van der Waals surface area contributed by atoms with E-state index in [2.05, 4.69) is 0 Å². The number of aliphatic hydroxyl groups excluding tert-OH is 1. The molecule has 1 atom stereocenters. The van der Waals surface area contributed by atoms with E-state index in [4.69, 9.17) is 23.2 Å². The second kappa shape index (κ2) is 8.43. The predicted octanol–water partition coefficient (Wildman–Crippen LogP) is 4.94. The van der Waals surface area contributed by atoms with Gasteiger partial charge in [-0.3, -0.25) is 4.79 Å². The van der Waals surface area contributed by atoms with Crippen LogP contribution in [0.15, 0.2) is 48.5 Å². The van der Waals surface area contributed by atoms with Crippen LogP contribution in [0.1, 0.15) is 41.6 Å². The summed E-state index contributed by atoms with van der Waals surface area (Å²) in [6.45, 7) is 1.50. The fourth-order valence-corrected chi connectivity index (χ4v) is 4.19. The quantitative estimate of drug-likeness (QED) is 0.783. The number of carbonyl (C=O) groups excluding carboxylic acids is 1. The first-order valence-electron chi connectivity index (χ1n) is 8.96. The van der Waals surface area contributed by atoms with Crippen molar-refractivity contribution in [3.63, 3.8) is 0 Å². The van der Waals surface area contributed by atoms with Crippen molar-refractivity contribution < 1.29 is 9.90 Å². The molecule has 2 aromatic rings. The van der Waals surface area contributed by atoms with Gasteiger partial charge in [-0.1, -0.05) is 47.5 Å². The van der Waals surface area contributed by atoms with Gasteiger partial charge in [0.1, 0.15) is 0 Å². The molecule has 1 aliphatic rings. The highest BCUT2D eigenvalue weighted by atomic mass is 35.5. The molecule has 26 heavy (non-hydrogen) atoms. The van der Waals surface area contributed by atoms with Crippen LogP contribution in [-0.2, 0) is 5.41 Å². The molecule has 0 aromatic heterocycles. The number of hydrogen-bond donors (Lipinski definition) is 1. The zero-order valence-electron chi connectivity index (χ0n) is 14.6. The first kappa shape index (κ1) is 19.2. The van der Waals surface area contributed by atoms with Gasteiger partial charge < -0.3 is 10.0 Å². The van der Waals surface area contributed by atoms with E-state index in [1.165, 1.54) is 0 Å². The van der Waals surface area contributed by atoms with Crippen LogP contribution in [0.3, 0.4) is 0 Å². The fourth-order valence-electron chi connectivity index (χ4n) is 3.90. The molecule has 1 unspecified atom stereocenters. The maximum atomic E-state index is 12.9. The zero-order chi connectivity index (χ0) is 18.6. The van der Waals surface area contributed by atoms with E-state index in [1.54, 1.807) is 0 Å². The van der Waals surface area contributed by atoms with Crippen LogP contribution in [0.5, 0.6) is 0 Å². The first-order valence-corrected chi connectivity index (χ1v) is 9.72. The van der Waals surface area contributed by atoms with E-state index in [-0.39, 0.29) is 17.9 Å². The van der Waals surface area contributed by atoms with Gasteiger partial charge in [-0.2, -0.15) is 0 Å². The summed E-state index contributed by atoms with van der Waals surface area (Å²) in [5.74, 6) is 0.0544. The Morgan fingerprint density at radius 3 is 2.58 bits per heavy atom. The maximum Gasteiger partial charge on any atom is 0.253 e. The van der Waals surface area contributed by atoms with Crippen molar-refractivity contribution in [1.29, 1.82) is 0 Å². The molecule has 2 aromatic carbocycles. The monoisotopic (exact) mass is 391 g/mol. The third-order valence-corrected chi connectivity index (χ3v) is 5.97. The summed E-state index contributed by atoms with van der Waals surface area (Å²) in [6, 6.07) is 15.1. The van der Waals surface area contributed by atoms with E-state index in [9.17, 15) is 9.90 Å². The van der Waals surface area contributed by atoms with Gasteiger partial charge in [-0.25, -0.2) is 0 Å². The summed E-state index contributed by atoms with van der Waals surface area (Å²) in [5, 5.41) is 10.4. The topological polar surface area (TPSA) is 40.5 Å². The number of rotatable bonds is 5. The average molecular weight is 392 g/mol. The third kappa shape index (κ3) is 4.06. The summed E-state index contributed by atoms with van der Waals surface area (Å²) in [4.78, 5) is 14.9. The molecule has 1 aliphatic heterocycles. The van der Waals surface area contributed by atoms with Crippen LogP contribution in [0.2, 0.25) is 10.0 Å². The smallest absolute Gasteiger partial charge is 0.253 e. The Morgan fingerprint density at radius 2 is 1.88 bits per heavy atom. The highest BCUT2D eigenvalue weighted by Crippen LogP contribution is 2.40. The minimum Gasteiger partial charge on any atom is -0.396 e. The Kier molecular flexibility index (Phi) is 6.23. The number of halogens is 2. The number of aliphatic hydroxyl groups is 1. The fraction of sp³-hybridized carbons (Fsp3) is 0.381. The average Bonchev–Trinajstić information content (AvgIpc) is 2.68. The molecule has 1 amide bonds. The van der Waals surface area contributed by atoms with Crippen LogP contribution in [0, 0.1) is 0 Å². The molecular formula is C21H23Cl2NO2. The van der Waals surface area contributed by atoms with Gasteiger partial charge in [0.25, 0.3) is 5.91 Å². The number of benzene rings is 2. The molecule has 0 bridgehead atoms. The second-order valence-corrected chi connectivity index (χ2v) is 7.75. The summed E-state index contributed by atoms with van der Waals surface area (Å²) in [7, 11) is 0. The lowest BCUT2D eigenvalue weighted by molar-refractivity contribution is 0.0618.